The quantitative estimate of drug-likeness (QED) is 0.375. The molecule has 2 heterocycles. The number of hydrogen-bond donors (Lipinski definition) is 3. The van der Waals surface area contributed by atoms with Gasteiger partial charge in [-0.25, -0.2) is 8.78 Å². The summed E-state index contributed by atoms with van der Waals surface area (Å²) in [6.45, 7) is 12.2. The lowest BCUT2D eigenvalue weighted by Gasteiger charge is -2.23. The highest BCUT2D eigenvalue weighted by Crippen LogP contribution is 2.27. The van der Waals surface area contributed by atoms with Crippen molar-refractivity contribution in [3.05, 3.63) is 65.5 Å². The fraction of sp³-hybridized carbons (Fsp3) is 0.417. The zero-order valence-electron chi connectivity index (χ0n) is 17.9. The van der Waals surface area contributed by atoms with Gasteiger partial charge >= 0.3 is 0 Å². The van der Waals surface area contributed by atoms with E-state index in [0.717, 1.165) is 48.3 Å². The van der Waals surface area contributed by atoms with Crippen molar-refractivity contribution in [3.8, 4) is 0 Å². The largest absolute Gasteiger partial charge is 0.385 e. The van der Waals surface area contributed by atoms with Gasteiger partial charge in [0.1, 0.15) is 11.6 Å². The van der Waals surface area contributed by atoms with Crippen LogP contribution in [0.25, 0.3) is 5.70 Å². The Morgan fingerprint density at radius 1 is 1.19 bits per heavy atom. The summed E-state index contributed by atoms with van der Waals surface area (Å²) in [7, 11) is 0. The second kappa shape index (κ2) is 11.7. The van der Waals surface area contributed by atoms with Crippen molar-refractivity contribution < 1.29 is 8.78 Å². The van der Waals surface area contributed by atoms with Crippen LogP contribution in [-0.4, -0.2) is 37.9 Å². The number of aryl methyl sites for hydroxylation is 1. The lowest BCUT2D eigenvalue weighted by atomic mass is 9.98. The van der Waals surface area contributed by atoms with Crippen molar-refractivity contribution >= 4 is 18.1 Å². The first-order valence-corrected chi connectivity index (χ1v) is 10.8. The minimum Gasteiger partial charge on any atom is -0.385 e. The highest BCUT2D eigenvalue weighted by Gasteiger charge is 2.14. The van der Waals surface area contributed by atoms with E-state index in [4.69, 9.17) is 0 Å². The third-order valence-electron chi connectivity index (χ3n) is 5.57. The number of piperidine rings is 1. The molecule has 0 aliphatic carbocycles. The smallest absolute Gasteiger partial charge is 0.126 e. The van der Waals surface area contributed by atoms with E-state index in [-0.39, 0.29) is 0 Å². The first kappa shape index (κ1) is 23.0. The number of aliphatic imine (C=N–C) groups is 1. The van der Waals surface area contributed by atoms with Crippen LogP contribution in [0.1, 0.15) is 36.1 Å². The molecular formula is C24H31F2N5. The molecule has 166 valence electrons. The Morgan fingerprint density at radius 3 is 2.65 bits per heavy atom. The number of nitrogens with one attached hydrogen (secondary N) is 3. The second-order valence-corrected chi connectivity index (χ2v) is 7.92. The molecule has 0 unspecified atom stereocenters. The van der Waals surface area contributed by atoms with Crippen LogP contribution in [-0.2, 0) is 13.0 Å². The van der Waals surface area contributed by atoms with Crippen molar-refractivity contribution in [1.82, 2.24) is 20.9 Å². The monoisotopic (exact) mass is 427 g/mol. The Hall–Kier alpha value is -2.64. The van der Waals surface area contributed by atoms with Crippen LogP contribution in [0.15, 0.2) is 42.0 Å². The number of halogens is 2. The van der Waals surface area contributed by atoms with Crippen LogP contribution < -0.4 is 16.0 Å². The summed E-state index contributed by atoms with van der Waals surface area (Å²) >= 11 is 0. The van der Waals surface area contributed by atoms with E-state index < -0.39 is 11.6 Å². The number of benzene rings is 1. The first-order chi connectivity index (χ1) is 15.1. The van der Waals surface area contributed by atoms with Crippen LogP contribution in [0.3, 0.4) is 0 Å². The molecule has 1 aliphatic rings. The molecule has 0 radical (unpaired) electrons. The van der Waals surface area contributed by atoms with E-state index in [0.29, 0.717) is 37.4 Å². The lowest BCUT2D eigenvalue weighted by molar-refractivity contribution is 0.356. The summed E-state index contributed by atoms with van der Waals surface area (Å²) in [5.41, 5.74) is 3.81. The topological polar surface area (TPSA) is 61.3 Å². The third kappa shape index (κ3) is 6.94. The molecular weight excluding hydrogens is 396 g/mol. The zero-order chi connectivity index (χ0) is 22.1. The summed E-state index contributed by atoms with van der Waals surface area (Å²) in [5, 5.41) is 10.2. The molecule has 1 aromatic carbocycles. The fourth-order valence-electron chi connectivity index (χ4n) is 3.91. The maximum atomic E-state index is 13.3. The van der Waals surface area contributed by atoms with Crippen LogP contribution in [0.4, 0.5) is 14.5 Å². The molecule has 0 spiro atoms. The molecule has 3 rings (SSSR count). The van der Waals surface area contributed by atoms with E-state index in [1.807, 2.05) is 6.07 Å². The fourth-order valence-corrected chi connectivity index (χ4v) is 3.91. The molecule has 2 aromatic rings. The van der Waals surface area contributed by atoms with E-state index >= 15 is 0 Å². The predicted molar refractivity (Wildman–Crippen MR) is 122 cm³/mol. The molecule has 1 aromatic heterocycles. The Balaban J connectivity index is 1.51. The number of rotatable bonds is 11. The Morgan fingerprint density at radius 2 is 1.94 bits per heavy atom. The lowest BCUT2D eigenvalue weighted by Crippen LogP contribution is -2.33. The molecule has 0 bridgehead atoms. The average molecular weight is 428 g/mol. The summed E-state index contributed by atoms with van der Waals surface area (Å²) in [6, 6.07) is 5.49. The van der Waals surface area contributed by atoms with E-state index in [1.54, 1.807) is 6.20 Å². The van der Waals surface area contributed by atoms with Gasteiger partial charge in [-0.15, -0.1) is 0 Å². The van der Waals surface area contributed by atoms with Crippen molar-refractivity contribution in [2.24, 2.45) is 10.9 Å². The Bertz CT molecular complexity index is 873. The van der Waals surface area contributed by atoms with Gasteiger partial charge in [0, 0.05) is 36.6 Å². The van der Waals surface area contributed by atoms with Gasteiger partial charge in [-0.3, -0.25) is 9.98 Å². The molecule has 31 heavy (non-hydrogen) atoms. The van der Waals surface area contributed by atoms with Gasteiger partial charge in [-0.1, -0.05) is 6.58 Å². The minimum absolute atomic E-state index is 0.549. The SMILES string of the molecule is C=Nc1c(C(=C)NCCCc2cc(F)cc(F)c2)ccnc1CNCC1CCNCC1. The molecule has 1 fully saturated rings. The predicted octanol–water partition coefficient (Wildman–Crippen LogP) is 3.97. The van der Waals surface area contributed by atoms with Gasteiger partial charge in [0.15, 0.2) is 0 Å². The number of pyridine rings is 1. The summed E-state index contributed by atoms with van der Waals surface area (Å²) in [6.07, 6.45) is 5.43. The van der Waals surface area contributed by atoms with Crippen molar-refractivity contribution in [2.45, 2.75) is 32.2 Å². The zero-order valence-corrected chi connectivity index (χ0v) is 17.9. The normalized spacial score (nSPS) is 14.4. The van der Waals surface area contributed by atoms with E-state index in [9.17, 15) is 8.78 Å². The third-order valence-corrected chi connectivity index (χ3v) is 5.57. The van der Waals surface area contributed by atoms with Gasteiger partial charge in [-0.2, -0.15) is 0 Å². The molecule has 0 saturated carbocycles. The molecule has 1 aliphatic heterocycles. The minimum atomic E-state index is -0.549. The maximum absolute atomic E-state index is 13.3. The Kier molecular flexibility index (Phi) is 8.67. The van der Waals surface area contributed by atoms with Crippen molar-refractivity contribution in [3.63, 3.8) is 0 Å². The van der Waals surface area contributed by atoms with E-state index in [2.05, 4.69) is 39.2 Å². The average Bonchev–Trinajstić information content (AvgIpc) is 2.76. The van der Waals surface area contributed by atoms with Crippen LogP contribution >= 0.6 is 0 Å². The van der Waals surface area contributed by atoms with Gasteiger partial charge in [0.05, 0.1) is 11.4 Å². The highest BCUT2D eigenvalue weighted by atomic mass is 19.1. The van der Waals surface area contributed by atoms with Crippen LogP contribution in [0.2, 0.25) is 0 Å². The molecule has 5 nitrogen and oxygen atoms in total. The molecule has 1 saturated heterocycles. The molecule has 0 atom stereocenters. The number of hydrogen-bond acceptors (Lipinski definition) is 5. The highest BCUT2D eigenvalue weighted by molar-refractivity contribution is 5.74. The maximum Gasteiger partial charge on any atom is 0.126 e. The second-order valence-electron chi connectivity index (χ2n) is 7.92. The van der Waals surface area contributed by atoms with Crippen LogP contribution in [0, 0.1) is 17.6 Å². The van der Waals surface area contributed by atoms with Gasteiger partial charge in [-0.05, 0) is 81.7 Å². The molecule has 0 amide bonds. The summed E-state index contributed by atoms with van der Waals surface area (Å²) < 4.78 is 26.6. The van der Waals surface area contributed by atoms with Gasteiger partial charge in [0.2, 0.25) is 0 Å². The summed E-state index contributed by atoms with van der Waals surface area (Å²) in [4.78, 5) is 8.68. The Labute approximate surface area is 183 Å². The molecule has 7 heteroatoms. The summed E-state index contributed by atoms with van der Waals surface area (Å²) in [5.74, 6) is -0.410. The van der Waals surface area contributed by atoms with E-state index in [1.165, 1.54) is 25.0 Å². The van der Waals surface area contributed by atoms with Crippen molar-refractivity contribution in [1.29, 1.82) is 0 Å². The van der Waals surface area contributed by atoms with Crippen LogP contribution in [0.5, 0.6) is 0 Å². The first-order valence-electron chi connectivity index (χ1n) is 10.8. The standard InChI is InChI=1S/C24H31F2N5/c1-17(30-8-3-4-19-12-20(25)14-21(26)13-19)22-7-11-31-23(24(22)27-2)16-29-15-18-5-9-28-10-6-18/h7,11-14,18,28-30H,1-6,8-10,15-16H2. The number of aromatic nitrogens is 1. The molecule has 3 N–H and O–H groups in total. The van der Waals surface area contributed by atoms with Gasteiger partial charge in [0.25, 0.3) is 0 Å². The van der Waals surface area contributed by atoms with Gasteiger partial charge < -0.3 is 16.0 Å². The number of nitrogens with zero attached hydrogens (tertiary/aromatic N) is 2. The van der Waals surface area contributed by atoms with Crippen molar-refractivity contribution in [2.75, 3.05) is 26.2 Å².